The molecule has 1 aromatic rings. The summed E-state index contributed by atoms with van der Waals surface area (Å²) >= 11 is 0. The zero-order chi connectivity index (χ0) is 10.4. The van der Waals surface area contributed by atoms with Crippen molar-refractivity contribution in [1.29, 1.82) is 0 Å². The van der Waals surface area contributed by atoms with Crippen molar-refractivity contribution < 1.29 is 5.11 Å². The Morgan fingerprint density at radius 1 is 1.36 bits per heavy atom. The van der Waals surface area contributed by atoms with Crippen molar-refractivity contribution in [3.8, 4) is 5.75 Å². The summed E-state index contributed by atoms with van der Waals surface area (Å²) in [4.78, 5) is 0. The van der Waals surface area contributed by atoms with Crippen LogP contribution in [0.2, 0.25) is 0 Å². The van der Waals surface area contributed by atoms with Crippen LogP contribution in [0.15, 0.2) is 36.0 Å². The first-order valence-electron chi connectivity index (χ1n) is 4.93. The lowest BCUT2D eigenvalue weighted by Gasteiger charge is -2.03. The van der Waals surface area contributed by atoms with Gasteiger partial charge in [0.25, 0.3) is 0 Å². The molecule has 0 saturated carbocycles. The molecule has 0 aliphatic carbocycles. The lowest BCUT2D eigenvalue weighted by atomic mass is 10.2. The predicted octanol–water partition coefficient (Wildman–Crippen LogP) is 3.51. The molecule has 0 fully saturated rings. The molecular weight excluding hydrogens is 174 g/mol. The molecule has 0 aliphatic heterocycles. The molecule has 0 aromatic heterocycles. The van der Waals surface area contributed by atoms with E-state index in [4.69, 9.17) is 5.11 Å². The Hall–Kier alpha value is -1.44. The second kappa shape index (κ2) is 5.32. The third-order valence-corrected chi connectivity index (χ3v) is 2.00. The number of phenols is 1. The highest BCUT2D eigenvalue weighted by Crippen LogP contribution is 2.14. The van der Waals surface area contributed by atoms with Crippen molar-refractivity contribution in [2.45, 2.75) is 26.7 Å². The Labute approximate surface area is 85.3 Å². The molecule has 14 heavy (non-hydrogen) atoms. The van der Waals surface area contributed by atoms with Crippen LogP contribution in [0.25, 0.3) is 0 Å². The van der Waals surface area contributed by atoms with E-state index < -0.39 is 0 Å². The van der Waals surface area contributed by atoms with E-state index in [9.17, 15) is 0 Å². The summed E-state index contributed by atoms with van der Waals surface area (Å²) in [5.74, 6) is 0.296. The molecule has 1 rings (SSSR count). The standard InChI is InChI=1S/C12H17NO/c1-3-4-10(2)9-13-11-5-7-12(14)8-6-11/h5-9,13-14H,3-4H2,1-2H3/b10-9+. The van der Waals surface area contributed by atoms with Crippen LogP contribution in [0, 0.1) is 0 Å². The molecule has 0 spiro atoms. The predicted molar refractivity (Wildman–Crippen MR) is 60.4 cm³/mol. The minimum atomic E-state index is 0.296. The van der Waals surface area contributed by atoms with Crippen LogP contribution in [-0.4, -0.2) is 5.11 Å². The van der Waals surface area contributed by atoms with Crippen LogP contribution in [-0.2, 0) is 0 Å². The molecule has 0 heterocycles. The Kier molecular flexibility index (Phi) is 4.05. The van der Waals surface area contributed by atoms with Crippen LogP contribution in [0.1, 0.15) is 26.7 Å². The number of anilines is 1. The molecule has 0 atom stereocenters. The van der Waals surface area contributed by atoms with Gasteiger partial charge in [-0.25, -0.2) is 0 Å². The van der Waals surface area contributed by atoms with Crippen LogP contribution in [0.3, 0.4) is 0 Å². The highest BCUT2D eigenvalue weighted by atomic mass is 16.3. The normalized spacial score (nSPS) is 11.4. The quantitative estimate of drug-likeness (QED) is 0.714. The molecule has 1 aromatic carbocycles. The maximum atomic E-state index is 9.08. The van der Waals surface area contributed by atoms with Crippen molar-refractivity contribution in [2.24, 2.45) is 0 Å². The van der Waals surface area contributed by atoms with E-state index in [-0.39, 0.29) is 0 Å². The molecule has 0 radical (unpaired) electrons. The minimum Gasteiger partial charge on any atom is -0.508 e. The van der Waals surface area contributed by atoms with Gasteiger partial charge in [0, 0.05) is 5.69 Å². The third-order valence-electron chi connectivity index (χ3n) is 2.00. The van der Waals surface area contributed by atoms with Crippen molar-refractivity contribution in [1.82, 2.24) is 0 Å². The highest BCUT2D eigenvalue weighted by molar-refractivity contribution is 5.48. The summed E-state index contributed by atoms with van der Waals surface area (Å²) in [6.45, 7) is 4.27. The van der Waals surface area contributed by atoms with Gasteiger partial charge in [-0.05, 0) is 43.8 Å². The lowest BCUT2D eigenvalue weighted by molar-refractivity contribution is 0.475. The van der Waals surface area contributed by atoms with Gasteiger partial charge in [0.15, 0.2) is 0 Å². The molecular formula is C12H17NO. The number of rotatable bonds is 4. The van der Waals surface area contributed by atoms with E-state index >= 15 is 0 Å². The molecule has 2 N–H and O–H groups in total. The number of phenolic OH excluding ortho intramolecular Hbond substituents is 1. The Morgan fingerprint density at radius 2 is 2.00 bits per heavy atom. The number of hydrogen-bond donors (Lipinski definition) is 2. The molecule has 0 bridgehead atoms. The third kappa shape index (κ3) is 3.52. The first kappa shape index (κ1) is 10.6. The fourth-order valence-corrected chi connectivity index (χ4v) is 1.23. The van der Waals surface area contributed by atoms with E-state index in [1.54, 1.807) is 12.1 Å². The second-order valence-electron chi connectivity index (χ2n) is 3.43. The Balaban J connectivity index is 2.53. The number of allylic oxidation sites excluding steroid dienone is 1. The zero-order valence-corrected chi connectivity index (χ0v) is 8.75. The number of hydrogen-bond acceptors (Lipinski definition) is 2. The number of benzene rings is 1. The summed E-state index contributed by atoms with van der Waals surface area (Å²) in [5.41, 5.74) is 2.33. The fourth-order valence-electron chi connectivity index (χ4n) is 1.23. The molecule has 0 saturated heterocycles. The second-order valence-corrected chi connectivity index (χ2v) is 3.43. The molecule has 2 nitrogen and oxygen atoms in total. The Bertz CT molecular complexity index is 301. The number of nitrogens with one attached hydrogen (secondary N) is 1. The topological polar surface area (TPSA) is 32.3 Å². The van der Waals surface area contributed by atoms with E-state index in [1.807, 2.05) is 18.3 Å². The summed E-state index contributed by atoms with van der Waals surface area (Å²) < 4.78 is 0. The van der Waals surface area contributed by atoms with Crippen LogP contribution in [0.4, 0.5) is 5.69 Å². The zero-order valence-electron chi connectivity index (χ0n) is 8.75. The van der Waals surface area contributed by atoms with Crippen LogP contribution < -0.4 is 5.32 Å². The first-order valence-corrected chi connectivity index (χ1v) is 4.93. The van der Waals surface area contributed by atoms with Crippen molar-refractivity contribution >= 4 is 5.69 Å². The monoisotopic (exact) mass is 191 g/mol. The largest absolute Gasteiger partial charge is 0.508 e. The maximum Gasteiger partial charge on any atom is 0.115 e. The van der Waals surface area contributed by atoms with Crippen molar-refractivity contribution in [3.63, 3.8) is 0 Å². The Morgan fingerprint density at radius 3 is 2.57 bits per heavy atom. The van der Waals surface area contributed by atoms with E-state index in [0.29, 0.717) is 5.75 Å². The minimum absolute atomic E-state index is 0.296. The van der Waals surface area contributed by atoms with Crippen molar-refractivity contribution in [3.05, 3.63) is 36.0 Å². The summed E-state index contributed by atoms with van der Waals surface area (Å²) in [7, 11) is 0. The summed E-state index contributed by atoms with van der Waals surface area (Å²) in [6, 6.07) is 7.05. The van der Waals surface area contributed by atoms with E-state index in [1.165, 1.54) is 12.0 Å². The van der Waals surface area contributed by atoms with Gasteiger partial charge in [0.05, 0.1) is 0 Å². The van der Waals surface area contributed by atoms with Crippen LogP contribution in [0.5, 0.6) is 5.75 Å². The lowest BCUT2D eigenvalue weighted by Crippen LogP contribution is -1.89. The van der Waals surface area contributed by atoms with Gasteiger partial charge in [-0.3, -0.25) is 0 Å². The molecule has 76 valence electrons. The summed E-state index contributed by atoms with van der Waals surface area (Å²) in [5, 5.41) is 12.3. The maximum absolute atomic E-state index is 9.08. The van der Waals surface area contributed by atoms with Gasteiger partial charge < -0.3 is 10.4 Å². The average Bonchev–Trinajstić information content (AvgIpc) is 2.17. The van der Waals surface area contributed by atoms with Crippen LogP contribution >= 0.6 is 0 Å². The smallest absolute Gasteiger partial charge is 0.115 e. The van der Waals surface area contributed by atoms with Gasteiger partial charge in [0.2, 0.25) is 0 Å². The van der Waals surface area contributed by atoms with Gasteiger partial charge in [0.1, 0.15) is 5.75 Å². The molecule has 0 amide bonds. The van der Waals surface area contributed by atoms with Gasteiger partial charge in [-0.2, -0.15) is 0 Å². The fraction of sp³-hybridized carbons (Fsp3) is 0.333. The van der Waals surface area contributed by atoms with Gasteiger partial charge in [-0.1, -0.05) is 18.9 Å². The molecule has 0 aliphatic rings. The first-order chi connectivity index (χ1) is 6.72. The molecule has 2 heteroatoms. The van der Waals surface area contributed by atoms with Crippen molar-refractivity contribution in [2.75, 3.05) is 5.32 Å². The average molecular weight is 191 g/mol. The van der Waals surface area contributed by atoms with E-state index in [2.05, 4.69) is 19.2 Å². The van der Waals surface area contributed by atoms with Gasteiger partial charge in [-0.15, -0.1) is 0 Å². The summed E-state index contributed by atoms with van der Waals surface area (Å²) in [6.07, 6.45) is 4.29. The molecule has 0 unspecified atom stereocenters. The SMILES string of the molecule is CCC/C(C)=C/Nc1ccc(O)cc1. The highest BCUT2D eigenvalue weighted by Gasteiger charge is 1.90. The van der Waals surface area contributed by atoms with E-state index in [0.717, 1.165) is 12.1 Å². The number of aromatic hydroxyl groups is 1. The van der Waals surface area contributed by atoms with Gasteiger partial charge >= 0.3 is 0 Å².